The van der Waals surface area contributed by atoms with Crippen molar-refractivity contribution in [2.45, 2.75) is 66.3 Å². The lowest BCUT2D eigenvalue weighted by molar-refractivity contribution is -0.148. The zero-order valence-corrected chi connectivity index (χ0v) is 12.1. The Kier molecular flexibility index (Phi) is 7.44. The highest BCUT2D eigenvalue weighted by atomic mass is 16.5. The van der Waals surface area contributed by atoms with Gasteiger partial charge in [0.1, 0.15) is 0 Å². The van der Waals surface area contributed by atoms with Gasteiger partial charge in [-0.25, -0.2) is 0 Å². The highest BCUT2D eigenvalue weighted by Crippen LogP contribution is 2.18. The topological polar surface area (TPSA) is 52.3 Å². The first kappa shape index (κ1) is 16.4. The molecule has 2 atom stereocenters. The van der Waals surface area contributed by atoms with Crippen LogP contribution >= 0.6 is 0 Å². The van der Waals surface area contributed by atoms with Crippen LogP contribution in [0.1, 0.15) is 60.3 Å². The van der Waals surface area contributed by atoms with Crippen molar-refractivity contribution < 1.29 is 9.53 Å². The summed E-state index contributed by atoms with van der Waals surface area (Å²) in [6.45, 7) is 10.9. The summed E-state index contributed by atoms with van der Waals surface area (Å²) in [4.78, 5) is 11.7. The second-order valence-electron chi connectivity index (χ2n) is 6.29. The number of carbonyl (C=O) groups is 1. The fourth-order valence-corrected chi connectivity index (χ4v) is 1.46. The molecule has 0 aliphatic rings. The third-order valence-corrected chi connectivity index (χ3v) is 2.80. The minimum absolute atomic E-state index is 0.00582. The molecular formula is C14H29NO2. The fourth-order valence-electron chi connectivity index (χ4n) is 1.46. The van der Waals surface area contributed by atoms with Crippen molar-refractivity contribution in [2.24, 2.45) is 17.1 Å². The average molecular weight is 243 g/mol. The van der Waals surface area contributed by atoms with Crippen LogP contribution in [0.4, 0.5) is 0 Å². The molecule has 0 aliphatic carbocycles. The highest BCUT2D eigenvalue weighted by Gasteiger charge is 2.16. The molecule has 0 aliphatic heterocycles. The Morgan fingerprint density at radius 2 is 1.82 bits per heavy atom. The van der Waals surface area contributed by atoms with Crippen molar-refractivity contribution in [3.8, 4) is 0 Å². The molecule has 0 heterocycles. The normalized spacial score (nSPS) is 15.4. The predicted octanol–water partition coefficient (Wildman–Crippen LogP) is 3.12. The SMILES string of the molecule is CC(N)CCCC(C)C(=O)OCCC(C)(C)C. The van der Waals surface area contributed by atoms with Crippen LogP contribution in [0.5, 0.6) is 0 Å². The van der Waals surface area contributed by atoms with Crippen LogP contribution < -0.4 is 5.73 Å². The van der Waals surface area contributed by atoms with Crippen LogP contribution in [-0.4, -0.2) is 18.6 Å². The van der Waals surface area contributed by atoms with Gasteiger partial charge in [-0.2, -0.15) is 0 Å². The molecule has 0 fully saturated rings. The van der Waals surface area contributed by atoms with Gasteiger partial charge in [0.25, 0.3) is 0 Å². The maximum Gasteiger partial charge on any atom is 0.308 e. The summed E-state index contributed by atoms with van der Waals surface area (Å²) in [7, 11) is 0. The molecule has 0 saturated heterocycles. The molecule has 0 amide bonds. The van der Waals surface area contributed by atoms with Crippen LogP contribution in [0.25, 0.3) is 0 Å². The Labute approximate surface area is 106 Å². The van der Waals surface area contributed by atoms with E-state index in [1.165, 1.54) is 0 Å². The number of esters is 1. The molecule has 17 heavy (non-hydrogen) atoms. The number of rotatable bonds is 7. The van der Waals surface area contributed by atoms with Crippen molar-refractivity contribution in [1.82, 2.24) is 0 Å². The molecular weight excluding hydrogens is 214 g/mol. The lowest BCUT2D eigenvalue weighted by Gasteiger charge is -2.18. The first-order chi connectivity index (χ1) is 7.72. The van der Waals surface area contributed by atoms with Gasteiger partial charge >= 0.3 is 5.97 Å². The monoisotopic (exact) mass is 243 g/mol. The lowest BCUT2D eigenvalue weighted by atomic mass is 9.93. The molecule has 0 bridgehead atoms. The molecule has 3 heteroatoms. The Balaban J connectivity index is 3.68. The smallest absolute Gasteiger partial charge is 0.308 e. The maximum absolute atomic E-state index is 11.7. The van der Waals surface area contributed by atoms with E-state index in [-0.39, 0.29) is 23.3 Å². The van der Waals surface area contributed by atoms with Crippen LogP contribution in [0.2, 0.25) is 0 Å². The number of nitrogens with two attached hydrogens (primary N) is 1. The Bertz CT molecular complexity index is 219. The van der Waals surface area contributed by atoms with E-state index < -0.39 is 0 Å². The summed E-state index contributed by atoms with van der Waals surface area (Å²) < 4.78 is 5.27. The first-order valence-corrected chi connectivity index (χ1v) is 6.64. The molecule has 0 rings (SSSR count). The van der Waals surface area contributed by atoms with Gasteiger partial charge in [-0.1, -0.05) is 34.1 Å². The third kappa shape index (κ3) is 10.3. The summed E-state index contributed by atoms with van der Waals surface area (Å²) >= 11 is 0. The molecule has 0 saturated carbocycles. The van der Waals surface area contributed by atoms with Gasteiger partial charge in [-0.15, -0.1) is 0 Å². The van der Waals surface area contributed by atoms with Crippen molar-refractivity contribution in [3.05, 3.63) is 0 Å². The van der Waals surface area contributed by atoms with E-state index in [0.717, 1.165) is 25.7 Å². The van der Waals surface area contributed by atoms with E-state index in [9.17, 15) is 4.79 Å². The molecule has 0 aromatic carbocycles. The van der Waals surface area contributed by atoms with E-state index in [1.807, 2.05) is 13.8 Å². The second kappa shape index (κ2) is 7.70. The molecule has 3 nitrogen and oxygen atoms in total. The Morgan fingerprint density at radius 3 is 2.29 bits per heavy atom. The summed E-state index contributed by atoms with van der Waals surface area (Å²) in [6, 6.07) is 0.221. The highest BCUT2D eigenvalue weighted by molar-refractivity contribution is 5.71. The van der Waals surface area contributed by atoms with E-state index in [2.05, 4.69) is 20.8 Å². The zero-order valence-electron chi connectivity index (χ0n) is 12.1. The molecule has 102 valence electrons. The minimum Gasteiger partial charge on any atom is -0.465 e. The van der Waals surface area contributed by atoms with Crippen molar-refractivity contribution >= 4 is 5.97 Å². The van der Waals surface area contributed by atoms with Crippen molar-refractivity contribution in [1.29, 1.82) is 0 Å². The van der Waals surface area contributed by atoms with Gasteiger partial charge in [0, 0.05) is 6.04 Å². The maximum atomic E-state index is 11.7. The molecule has 0 aromatic heterocycles. The number of carbonyl (C=O) groups excluding carboxylic acids is 1. The minimum atomic E-state index is -0.0704. The van der Waals surface area contributed by atoms with E-state index in [1.54, 1.807) is 0 Å². The summed E-state index contributed by atoms with van der Waals surface area (Å²) in [5, 5.41) is 0. The van der Waals surface area contributed by atoms with Crippen molar-refractivity contribution in [2.75, 3.05) is 6.61 Å². The van der Waals surface area contributed by atoms with E-state index in [4.69, 9.17) is 10.5 Å². The number of hydrogen-bond donors (Lipinski definition) is 1. The first-order valence-electron chi connectivity index (χ1n) is 6.64. The zero-order chi connectivity index (χ0) is 13.5. The Morgan fingerprint density at radius 1 is 1.24 bits per heavy atom. The van der Waals surface area contributed by atoms with Crippen molar-refractivity contribution in [3.63, 3.8) is 0 Å². The third-order valence-electron chi connectivity index (χ3n) is 2.80. The van der Waals surface area contributed by atoms with E-state index >= 15 is 0 Å². The van der Waals surface area contributed by atoms with Gasteiger partial charge in [0.05, 0.1) is 12.5 Å². The van der Waals surface area contributed by atoms with Gasteiger partial charge in [-0.05, 0) is 31.6 Å². The quantitative estimate of drug-likeness (QED) is 0.699. The predicted molar refractivity (Wildman–Crippen MR) is 71.7 cm³/mol. The molecule has 2 N–H and O–H groups in total. The second-order valence-corrected chi connectivity index (χ2v) is 6.29. The van der Waals surface area contributed by atoms with Crippen LogP contribution in [-0.2, 0) is 9.53 Å². The lowest BCUT2D eigenvalue weighted by Crippen LogP contribution is -2.19. The van der Waals surface area contributed by atoms with Gasteiger partial charge in [0.2, 0.25) is 0 Å². The standard InChI is InChI=1S/C14H29NO2/c1-11(7-6-8-12(2)15)13(16)17-10-9-14(3,4)5/h11-12H,6-10,15H2,1-5H3. The van der Waals surface area contributed by atoms with Gasteiger partial charge in [0.15, 0.2) is 0 Å². The molecule has 0 aromatic rings. The van der Waals surface area contributed by atoms with E-state index in [0.29, 0.717) is 6.61 Å². The molecule has 0 radical (unpaired) electrons. The fraction of sp³-hybridized carbons (Fsp3) is 0.929. The van der Waals surface area contributed by atoms with Gasteiger partial charge < -0.3 is 10.5 Å². The van der Waals surface area contributed by atoms with Gasteiger partial charge in [-0.3, -0.25) is 4.79 Å². The number of hydrogen-bond acceptors (Lipinski definition) is 3. The average Bonchev–Trinajstić information content (AvgIpc) is 2.14. The van der Waals surface area contributed by atoms with Crippen LogP contribution in [0, 0.1) is 11.3 Å². The Hall–Kier alpha value is -0.570. The largest absolute Gasteiger partial charge is 0.465 e. The summed E-state index contributed by atoms with van der Waals surface area (Å²) in [6.07, 6.45) is 3.74. The molecule has 0 spiro atoms. The van der Waals surface area contributed by atoms with Crippen LogP contribution in [0.3, 0.4) is 0 Å². The molecule has 2 unspecified atom stereocenters. The van der Waals surface area contributed by atoms with Crippen LogP contribution in [0.15, 0.2) is 0 Å². The number of ether oxygens (including phenoxy) is 1. The summed E-state index contributed by atoms with van der Waals surface area (Å²) in [5.41, 5.74) is 5.89. The summed E-state index contributed by atoms with van der Waals surface area (Å²) in [5.74, 6) is -0.0763.